The number of ether oxygens (including phenoxy) is 1. The smallest absolute Gasteiger partial charge is 0.0619 e. The van der Waals surface area contributed by atoms with Crippen molar-refractivity contribution in [3.8, 4) is 0 Å². The fourth-order valence-electron chi connectivity index (χ4n) is 1.30. The van der Waals surface area contributed by atoms with E-state index >= 15 is 0 Å². The van der Waals surface area contributed by atoms with Crippen LogP contribution in [-0.2, 0) is 4.74 Å². The molecule has 0 aromatic rings. The van der Waals surface area contributed by atoms with Crippen LogP contribution in [-0.4, -0.2) is 12.7 Å². The first-order valence-corrected chi connectivity index (χ1v) is 3.24. The van der Waals surface area contributed by atoms with Gasteiger partial charge in [0.15, 0.2) is 0 Å². The third-order valence-corrected chi connectivity index (χ3v) is 1.87. The predicted molar refractivity (Wildman–Crippen MR) is 34.8 cm³/mol. The molecule has 1 aliphatic heterocycles. The molecule has 0 N–H and O–H groups in total. The lowest BCUT2D eigenvalue weighted by Gasteiger charge is -2.07. The third kappa shape index (κ3) is 0.787. The largest absolute Gasteiger partial charge is 0.377 e. The molecule has 2 aliphatic rings. The van der Waals surface area contributed by atoms with Crippen LogP contribution in [0.2, 0.25) is 0 Å². The van der Waals surface area contributed by atoms with Gasteiger partial charge < -0.3 is 4.74 Å². The van der Waals surface area contributed by atoms with Crippen LogP contribution in [0.1, 0.15) is 6.92 Å². The molecule has 2 fully saturated rings. The Labute approximate surface area is 56.4 Å². The molecule has 1 heteroatoms. The second-order valence-electron chi connectivity index (χ2n) is 2.46. The van der Waals surface area contributed by atoms with E-state index in [1.807, 2.05) is 0 Å². The maximum absolute atomic E-state index is 5.36. The van der Waals surface area contributed by atoms with Crippen LogP contribution in [0.5, 0.6) is 0 Å². The van der Waals surface area contributed by atoms with E-state index in [2.05, 4.69) is 26.2 Å². The summed E-state index contributed by atoms with van der Waals surface area (Å²) < 4.78 is 5.36. The van der Waals surface area contributed by atoms with Crippen molar-refractivity contribution in [3.05, 3.63) is 31.1 Å². The first-order valence-electron chi connectivity index (χ1n) is 3.24. The molecule has 0 aromatic heterocycles. The highest BCUT2D eigenvalue weighted by Gasteiger charge is 2.39. The molecule has 47 valence electrons. The average Bonchev–Trinajstić information content (AvgIpc) is 2.35. The van der Waals surface area contributed by atoms with Crippen LogP contribution in [0.3, 0.4) is 0 Å². The highest BCUT2D eigenvalue weighted by molar-refractivity contribution is 5.48. The number of hydrogen-bond acceptors (Lipinski definition) is 1. The molecule has 1 unspecified atom stereocenters. The monoisotopic (exact) mass is 121 g/mol. The topological polar surface area (TPSA) is 9.23 Å². The lowest BCUT2D eigenvalue weighted by Crippen LogP contribution is -2.08. The van der Waals surface area contributed by atoms with Gasteiger partial charge in [0, 0.05) is 11.8 Å². The molecule has 2 rings (SSSR count). The Morgan fingerprint density at radius 2 is 2.44 bits per heavy atom. The summed E-state index contributed by atoms with van der Waals surface area (Å²) in [4.78, 5) is 0. The average molecular weight is 121 g/mol. The maximum Gasteiger partial charge on any atom is 0.0619 e. The minimum atomic E-state index is 0.329. The number of rotatable bonds is 0. The summed E-state index contributed by atoms with van der Waals surface area (Å²) in [6.07, 6.45) is 6.67. The highest BCUT2D eigenvalue weighted by Crippen LogP contribution is 2.41. The lowest BCUT2D eigenvalue weighted by molar-refractivity contribution is 0.134. The molecule has 0 aromatic carbocycles. The van der Waals surface area contributed by atoms with Crippen molar-refractivity contribution >= 4 is 0 Å². The minimum absolute atomic E-state index is 0.329. The van der Waals surface area contributed by atoms with E-state index in [9.17, 15) is 0 Å². The Morgan fingerprint density at radius 3 is 3.22 bits per heavy atom. The van der Waals surface area contributed by atoms with E-state index in [1.165, 1.54) is 11.8 Å². The summed E-state index contributed by atoms with van der Waals surface area (Å²) in [7, 11) is 0. The van der Waals surface area contributed by atoms with Gasteiger partial charge in [0.05, 0.1) is 12.7 Å². The Balaban J connectivity index is 2.07. The molecule has 1 aliphatic carbocycles. The van der Waals surface area contributed by atoms with Crippen molar-refractivity contribution in [1.82, 2.24) is 0 Å². The molecule has 1 saturated heterocycles. The van der Waals surface area contributed by atoms with Crippen LogP contribution in [0, 0.1) is 31.1 Å². The fraction of sp³-hybridized carbons (Fsp3) is 0.375. The first kappa shape index (κ1) is 5.72. The van der Waals surface area contributed by atoms with Crippen LogP contribution >= 0.6 is 0 Å². The van der Waals surface area contributed by atoms with Crippen molar-refractivity contribution in [3.63, 3.8) is 0 Å². The molecule has 0 spiro atoms. The predicted octanol–water partition coefficient (Wildman–Crippen LogP) is 1.18. The zero-order chi connectivity index (χ0) is 6.27. The van der Waals surface area contributed by atoms with Crippen LogP contribution in [0.25, 0.3) is 0 Å². The maximum atomic E-state index is 5.36. The zero-order valence-electron chi connectivity index (χ0n) is 5.42. The quantitative estimate of drug-likeness (QED) is 0.467. The summed E-state index contributed by atoms with van der Waals surface area (Å²) in [6, 6.07) is 0. The summed E-state index contributed by atoms with van der Waals surface area (Å²) in [6.45, 7) is 2.90. The van der Waals surface area contributed by atoms with Gasteiger partial charge >= 0.3 is 0 Å². The summed E-state index contributed by atoms with van der Waals surface area (Å²) in [5.74, 6) is 2.73. The Bertz CT molecular complexity index is 111. The number of fused-ring (bicyclic) bond motifs is 1. The Morgan fingerprint density at radius 1 is 1.56 bits per heavy atom. The molecular formula is C8H9O. The molecule has 1 nitrogen and oxygen atoms in total. The summed E-state index contributed by atoms with van der Waals surface area (Å²) >= 11 is 0. The van der Waals surface area contributed by atoms with Gasteiger partial charge in [0.1, 0.15) is 0 Å². The summed E-state index contributed by atoms with van der Waals surface area (Å²) in [5.41, 5.74) is 0. The van der Waals surface area contributed by atoms with Gasteiger partial charge in [-0.1, -0.05) is 0 Å². The van der Waals surface area contributed by atoms with Gasteiger partial charge in [-0.2, -0.15) is 0 Å². The van der Waals surface area contributed by atoms with Crippen molar-refractivity contribution < 1.29 is 4.74 Å². The second-order valence-corrected chi connectivity index (χ2v) is 2.46. The van der Waals surface area contributed by atoms with Gasteiger partial charge in [-0.15, -0.1) is 0 Å². The Kier molecular flexibility index (Phi) is 1.26. The second kappa shape index (κ2) is 1.98. The molecule has 1 atom stereocenters. The lowest BCUT2D eigenvalue weighted by atomic mass is 9.96. The van der Waals surface area contributed by atoms with E-state index in [0.29, 0.717) is 6.10 Å². The molecule has 5 radical (unpaired) electrons. The number of hydrogen-bond donors (Lipinski definition) is 0. The van der Waals surface area contributed by atoms with Crippen LogP contribution < -0.4 is 0 Å². The van der Waals surface area contributed by atoms with Crippen molar-refractivity contribution in [2.75, 3.05) is 6.61 Å². The van der Waals surface area contributed by atoms with E-state index in [1.54, 1.807) is 0 Å². The normalized spacial score (nSPS) is 37.7. The van der Waals surface area contributed by atoms with Crippen molar-refractivity contribution in [2.24, 2.45) is 0 Å². The standard InChI is InChI=1S/C8H9O/c1-6-8-4-2-3-7(8)5-9-6/h2-4,6H,5H2,1H3. The molecule has 0 bridgehead atoms. The zero-order valence-corrected chi connectivity index (χ0v) is 5.42. The van der Waals surface area contributed by atoms with Crippen LogP contribution in [0.15, 0.2) is 0 Å². The molecule has 0 amide bonds. The van der Waals surface area contributed by atoms with E-state index in [4.69, 9.17) is 4.74 Å². The van der Waals surface area contributed by atoms with E-state index in [0.717, 1.165) is 6.61 Å². The van der Waals surface area contributed by atoms with Crippen molar-refractivity contribution in [2.45, 2.75) is 13.0 Å². The van der Waals surface area contributed by atoms with E-state index < -0.39 is 0 Å². The van der Waals surface area contributed by atoms with Gasteiger partial charge in [0.2, 0.25) is 0 Å². The van der Waals surface area contributed by atoms with Gasteiger partial charge in [0.25, 0.3) is 0 Å². The molecular weight excluding hydrogens is 112 g/mol. The van der Waals surface area contributed by atoms with Crippen LogP contribution in [0.4, 0.5) is 0 Å². The third-order valence-electron chi connectivity index (χ3n) is 1.87. The molecule has 1 saturated carbocycles. The molecule has 9 heavy (non-hydrogen) atoms. The Hall–Kier alpha value is -0.0400. The fourth-order valence-corrected chi connectivity index (χ4v) is 1.30. The van der Waals surface area contributed by atoms with Crippen molar-refractivity contribution in [1.29, 1.82) is 0 Å². The first-order chi connectivity index (χ1) is 4.38. The van der Waals surface area contributed by atoms with Gasteiger partial charge in [-0.05, 0) is 26.2 Å². The SMILES string of the molecule is CC1OC[C]2[CH][CH][CH][C]21. The minimum Gasteiger partial charge on any atom is -0.377 e. The summed E-state index contributed by atoms with van der Waals surface area (Å²) in [5, 5.41) is 0. The van der Waals surface area contributed by atoms with Gasteiger partial charge in [-0.3, -0.25) is 0 Å². The van der Waals surface area contributed by atoms with Gasteiger partial charge in [-0.25, -0.2) is 0 Å². The molecule has 1 heterocycles. The van der Waals surface area contributed by atoms with E-state index in [-0.39, 0.29) is 0 Å². The highest BCUT2D eigenvalue weighted by atomic mass is 16.5.